The van der Waals surface area contributed by atoms with Gasteiger partial charge in [0.2, 0.25) is 0 Å². The smallest absolute Gasteiger partial charge is 0.293 e. The van der Waals surface area contributed by atoms with Crippen molar-refractivity contribution < 1.29 is 32.5 Å². The molecule has 3 fully saturated rings. The van der Waals surface area contributed by atoms with E-state index in [1.165, 1.54) is 73.8 Å². The van der Waals surface area contributed by atoms with Gasteiger partial charge in [-0.3, -0.25) is 24.5 Å². The summed E-state index contributed by atoms with van der Waals surface area (Å²) in [6, 6.07) is 18.3. The minimum atomic E-state index is -2.21. The van der Waals surface area contributed by atoms with E-state index < -0.39 is 27.6 Å². The van der Waals surface area contributed by atoms with Gasteiger partial charge in [-0.1, -0.05) is 35.7 Å². The van der Waals surface area contributed by atoms with Gasteiger partial charge in [-0.15, -0.1) is 0 Å². The molecular weight excluding hydrogens is 837 g/mol. The topological polar surface area (TPSA) is 164 Å². The second-order valence-electron chi connectivity index (χ2n) is 16.0. The minimum Gasteiger partial charge on any atom is -0.455 e. The van der Waals surface area contributed by atoms with Crippen molar-refractivity contribution in [2.45, 2.75) is 43.4 Å². The highest BCUT2D eigenvalue weighted by Gasteiger charge is 2.41. The van der Waals surface area contributed by atoms with Crippen LogP contribution < -0.4 is 19.7 Å². The summed E-state index contributed by atoms with van der Waals surface area (Å²) in [5.74, 6) is -1.17. The first-order valence-corrected chi connectivity index (χ1v) is 22.3. The SMILES string of the molecule is C1COCCO1.CNc1ccc(S(=O)NC(=O)c2cc(F)c(N3CCN(CC4=C(c5ccc(Cl)cc5)CC5(CCC5)CC4)CC3)cc2Oc2cnc3[nH]ccc3c2)cc1[N+](=O)[O-]. The van der Waals surface area contributed by atoms with Crippen LogP contribution in [-0.4, -0.2) is 96.1 Å². The number of H-pyrrole nitrogens is 1. The van der Waals surface area contributed by atoms with E-state index in [1.54, 1.807) is 12.3 Å². The van der Waals surface area contributed by atoms with E-state index in [0.717, 1.165) is 68.4 Å². The molecule has 14 nitrogen and oxygen atoms in total. The van der Waals surface area contributed by atoms with E-state index in [1.807, 2.05) is 23.1 Å². The number of nitrogens with zero attached hydrogens (tertiary/aromatic N) is 4. The first-order valence-electron chi connectivity index (χ1n) is 20.8. The van der Waals surface area contributed by atoms with Gasteiger partial charge in [0.05, 0.1) is 53.7 Å². The normalized spacial score (nSPS) is 18.1. The molecule has 0 radical (unpaired) electrons. The Morgan fingerprint density at radius 2 is 1.76 bits per heavy atom. The Morgan fingerprint density at radius 3 is 2.42 bits per heavy atom. The van der Waals surface area contributed by atoms with E-state index in [9.17, 15) is 19.1 Å². The van der Waals surface area contributed by atoms with Crippen LogP contribution in [0.4, 0.5) is 21.5 Å². The van der Waals surface area contributed by atoms with Crippen LogP contribution in [0.5, 0.6) is 11.5 Å². The van der Waals surface area contributed by atoms with Crippen LogP contribution in [0, 0.1) is 21.3 Å². The Labute approximate surface area is 366 Å². The molecule has 4 heterocycles. The maximum Gasteiger partial charge on any atom is 0.293 e. The quantitative estimate of drug-likeness (QED) is 0.0861. The number of nitro benzene ring substituents is 1. The van der Waals surface area contributed by atoms with Crippen molar-refractivity contribution in [3.63, 3.8) is 0 Å². The molecule has 2 saturated heterocycles. The summed E-state index contributed by atoms with van der Waals surface area (Å²) in [5, 5.41) is 15.8. The van der Waals surface area contributed by atoms with Crippen molar-refractivity contribution in [1.29, 1.82) is 0 Å². The van der Waals surface area contributed by atoms with Gasteiger partial charge < -0.3 is 29.4 Å². The van der Waals surface area contributed by atoms with Crippen LogP contribution >= 0.6 is 11.6 Å². The molecule has 2 aromatic heterocycles. The van der Waals surface area contributed by atoms with Crippen molar-refractivity contribution in [3.8, 4) is 11.5 Å². The number of halogens is 2. The van der Waals surface area contributed by atoms with E-state index in [-0.39, 0.29) is 33.3 Å². The molecule has 1 spiro atoms. The first kappa shape index (κ1) is 43.3. The summed E-state index contributed by atoms with van der Waals surface area (Å²) >= 11 is 6.25. The van der Waals surface area contributed by atoms with Crippen LogP contribution in [0.1, 0.15) is 54.4 Å². The highest BCUT2D eigenvalue weighted by molar-refractivity contribution is 7.83. The number of fused-ring (bicyclic) bond motifs is 1. The monoisotopic (exact) mass is 885 g/mol. The lowest BCUT2D eigenvalue weighted by Crippen LogP contribution is -2.47. The van der Waals surface area contributed by atoms with Gasteiger partial charge in [0.1, 0.15) is 28.7 Å². The van der Waals surface area contributed by atoms with Gasteiger partial charge in [-0.25, -0.2) is 13.6 Å². The van der Waals surface area contributed by atoms with Crippen LogP contribution in [0.15, 0.2) is 89.6 Å². The number of aromatic nitrogens is 2. The van der Waals surface area contributed by atoms with Gasteiger partial charge >= 0.3 is 0 Å². The van der Waals surface area contributed by atoms with Crippen molar-refractivity contribution >= 4 is 62.2 Å². The Balaban J connectivity index is 0.000000813. The predicted octanol–water partition coefficient (Wildman–Crippen LogP) is 8.51. The highest BCUT2D eigenvalue weighted by Crippen LogP contribution is 2.55. The average molecular weight is 886 g/mol. The van der Waals surface area contributed by atoms with Crippen molar-refractivity contribution in [1.82, 2.24) is 19.6 Å². The molecule has 0 bridgehead atoms. The molecule has 4 aliphatic rings. The van der Waals surface area contributed by atoms with Crippen molar-refractivity contribution in [2.24, 2.45) is 5.41 Å². The molecule has 17 heteroatoms. The lowest BCUT2D eigenvalue weighted by molar-refractivity contribution is -0.384. The maximum absolute atomic E-state index is 16.1. The number of hydrogen-bond acceptors (Lipinski definition) is 11. The zero-order valence-electron chi connectivity index (χ0n) is 34.4. The van der Waals surface area contributed by atoms with Crippen molar-refractivity contribution in [2.75, 3.05) is 76.4 Å². The minimum absolute atomic E-state index is 0.00425. The molecule has 1 unspecified atom stereocenters. The zero-order chi connectivity index (χ0) is 43.2. The fourth-order valence-electron chi connectivity index (χ4n) is 8.58. The number of nitro groups is 1. The summed E-state index contributed by atoms with van der Waals surface area (Å²) in [6.45, 7) is 6.50. The number of piperazine rings is 1. The molecule has 2 aliphatic heterocycles. The number of hydrogen-bond donors (Lipinski definition) is 3. The molecule has 2 aliphatic carbocycles. The van der Waals surface area contributed by atoms with E-state index >= 15 is 4.39 Å². The second-order valence-corrected chi connectivity index (χ2v) is 17.6. The third-order valence-corrected chi connectivity index (χ3v) is 13.5. The van der Waals surface area contributed by atoms with Crippen LogP contribution in [-0.2, 0) is 20.5 Å². The fraction of sp³-hybridized carbons (Fsp3) is 0.378. The Hall–Kier alpha value is -5.39. The van der Waals surface area contributed by atoms with Crippen LogP contribution in [0.3, 0.4) is 0 Å². The highest BCUT2D eigenvalue weighted by atomic mass is 35.5. The largest absolute Gasteiger partial charge is 0.455 e. The number of nitrogens with one attached hydrogen (secondary N) is 3. The van der Waals surface area contributed by atoms with E-state index in [2.05, 4.69) is 37.0 Å². The summed E-state index contributed by atoms with van der Waals surface area (Å²) in [5.41, 5.74) is 5.22. The first-order chi connectivity index (χ1) is 30.1. The molecule has 3 N–H and O–H groups in total. The Bertz CT molecular complexity index is 2470. The predicted molar refractivity (Wildman–Crippen MR) is 238 cm³/mol. The van der Waals surface area contributed by atoms with E-state index in [4.69, 9.17) is 25.8 Å². The van der Waals surface area contributed by atoms with Crippen LogP contribution in [0.25, 0.3) is 16.6 Å². The molecule has 1 amide bonds. The number of ether oxygens (including phenoxy) is 3. The summed E-state index contributed by atoms with van der Waals surface area (Å²) in [7, 11) is -0.684. The number of allylic oxidation sites excluding steroid dienone is 1. The third kappa shape index (κ3) is 9.95. The van der Waals surface area contributed by atoms with Crippen LogP contribution in [0.2, 0.25) is 5.02 Å². The maximum atomic E-state index is 16.1. The van der Waals surface area contributed by atoms with E-state index in [0.29, 0.717) is 43.0 Å². The van der Waals surface area contributed by atoms with Gasteiger partial charge in [-0.2, -0.15) is 0 Å². The second kappa shape index (κ2) is 19.3. The molecule has 1 saturated carbocycles. The Kier molecular flexibility index (Phi) is 13.5. The number of pyridine rings is 1. The molecule has 9 rings (SSSR count). The summed E-state index contributed by atoms with van der Waals surface area (Å²) in [6.07, 6.45) is 10.5. The molecule has 1 atom stereocenters. The third-order valence-electron chi connectivity index (χ3n) is 12.1. The molecule has 326 valence electrons. The number of amides is 1. The number of benzene rings is 3. The summed E-state index contributed by atoms with van der Waals surface area (Å²) in [4.78, 5) is 36.5. The molecule has 5 aromatic rings. The fourth-order valence-corrected chi connectivity index (χ4v) is 9.52. The number of carbonyl (C=O) groups is 1. The van der Waals surface area contributed by atoms with Gasteiger partial charge in [-0.05, 0) is 91.1 Å². The molecular formula is C45H49ClFN7O7S. The average Bonchev–Trinajstić information content (AvgIpc) is 3.76. The molecule has 3 aromatic carbocycles. The van der Waals surface area contributed by atoms with Crippen molar-refractivity contribution in [3.05, 3.63) is 117 Å². The number of carbonyl (C=O) groups excluding carboxylic acids is 1. The van der Waals surface area contributed by atoms with Gasteiger partial charge in [0, 0.05) is 68.5 Å². The molecule has 62 heavy (non-hydrogen) atoms. The lowest BCUT2D eigenvalue weighted by Gasteiger charge is -2.47. The summed E-state index contributed by atoms with van der Waals surface area (Å²) < 4.78 is 47.9. The van der Waals surface area contributed by atoms with Gasteiger partial charge in [0.25, 0.3) is 11.6 Å². The standard InChI is InChI=1S/C41H41ClFN7O5S.C4H8O2/c1-44-35-8-7-31(20-37(35)50(52)53)56(54)47-40(51)32-21-34(43)36(22-38(32)55-30-19-27-10-14-45-39(27)46-24-30)49-17-15-48(16-18-49)25-28-9-13-41(11-2-12-41)23-33(28)26-3-5-29(42)6-4-26;1-2-6-4-3-5-1/h3-8,10,14,19-22,24,44H,2,9,11-13,15-18,23,25H2,1H3,(H,45,46)(H,47,51);1-4H2. The number of aromatic amines is 1. The zero-order valence-corrected chi connectivity index (χ0v) is 36.0. The lowest BCUT2D eigenvalue weighted by atomic mass is 9.59. The Morgan fingerprint density at radius 1 is 1.02 bits per heavy atom. The number of anilines is 2. The number of rotatable bonds is 11. The van der Waals surface area contributed by atoms with Gasteiger partial charge in [0.15, 0.2) is 11.0 Å².